The Morgan fingerprint density at radius 3 is 2.35 bits per heavy atom. The molecular weight excluding hydrogens is 274 g/mol. The molecule has 0 aliphatic rings. The SMILES string of the molecule is CCNC(Cc1ccccc1Br)C(C)C(C)C. The van der Waals surface area contributed by atoms with Crippen LogP contribution in [0.3, 0.4) is 0 Å². The fourth-order valence-electron chi connectivity index (χ4n) is 2.07. The first-order valence-electron chi connectivity index (χ1n) is 6.53. The van der Waals surface area contributed by atoms with Crippen molar-refractivity contribution >= 4 is 15.9 Å². The molecule has 0 fully saturated rings. The highest BCUT2D eigenvalue weighted by molar-refractivity contribution is 9.10. The summed E-state index contributed by atoms with van der Waals surface area (Å²) < 4.78 is 1.22. The Hall–Kier alpha value is -0.340. The van der Waals surface area contributed by atoms with Crippen LogP contribution in [0, 0.1) is 11.8 Å². The van der Waals surface area contributed by atoms with Crippen molar-refractivity contribution in [2.75, 3.05) is 6.54 Å². The lowest BCUT2D eigenvalue weighted by Gasteiger charge is -2.28. The van der Waals surface area contributed by atoms with Gasteiger partial charge in [0.05, 0.1) is 0 Å². The third-order valence-corrected chi connectivity index (χ3v) is 4.32. The molecule has 2 unspecified atom stereocenters. The van der Waals surface area contributed by atoms with Gasteiger partial charge in [-0.15, -0.1) is 0 Å². The molecule has 96 valence electrons. The number of benzene rings is 1. The van der Waals surface area contributed by atoms with Crippen molar-refractivity contribution in [1.82, 2.24) is 5.32 Å². The minimum Gasteiger partial charge on any atom is -0.314 e. The number of likely N-dealkylation sites (N-methyl/N-ethyl adjacent to an activating group) is 1. The predicted molar refractivity (Wildman–Crippen MR) is 79.3 cm³/mol. The van der Waals surface area contributed by atoms with Crippen LogP contribution in [0.25, 0.3) is 0 Å². The van der Waals surface area contributed by atoms with Gasteiger partial charge in [0.15, 0.2) is 0 Å². The molecule has 1 aromatic carbocycles. The lowest BCUT2D eigenvalue weighted by molar-refractivity contribution is 0.300. The second-order valence-electron chi connectivity index (χ2n) is 5.06. The predicted octanol–water partition coefficient (Wildman–Crippen LogP) is 4.26. The van der Waals surface area contributed by atoms with Crippen molar-refractivity contribution in [3.8, 4) is 0 Å². The number of rotatable bonds is 6. The maximum absolute atomic E-state index is 3.63. The van der Waals surface area contributed by atoms with Gasteiger partial charge in [-0.2, -0.15) is 0 Å². The molecule has 2 heteroatoms. The van der Waals surface area contributed by atoms with E-state index in [-0.39, 0.29) is 0 Å². The Kier molecular flexibility index (Phi) is 6.21. The first kappa shape index (κ1) is 14.7. The average Bonchev–Trinajstić information content (AvgIpc) is 2.30. The van der Waals surface area contributed by atoms with Crippen LogP contribution in [-0.2, 0) is 6.42 Å². The van der Waals surface area contributed by atoms with Crippen molar-refractivity contribution in [2.24, 2.45) is 11.8 Å². The molecule has 0 aliphatic heterocycles. The van der Waals surface area contributed by atoms with Crippen LogP contribution in [-0.4, -0.2) is 12.6 Å². The van der Waals surface area contributed by atoms with Crippen molar-refractivity contribution in [2.45, 2.75) is 40.2 Å². The minimum absolute atomic E-state index is 0.554. The summed E-state index contributed by atoms with van der Waals surface area (Å²) in [5, 5.41) is 3.62. The summed E-state index contributed by atoms with van der Waals surface area (Å²) >= 11 is 3.63. The summed E-state index contributed by atoms with van der Waals surface area (Å²) in [4.78, 5) is 0. The molecule has 0 aromatic heterocycles. The van der Waals surface area contributed by atoms with Crippen LogP contribution in [0.2, 0.25) is 0 Å². The maximum Gasteiger partial charge on any atom is 0.0207 e. The van der Waals surface area contributed by atoms with Gasteiger partial charge in [-0.25, -0.2) is 0 Å². The third kappa shape index (κ3) is 4.44. The van der Waals surface area contributed by atoms with Gasteiger partial charge < -0.3 is 5.32 Å². The Labute approximate surface area is 114 Å². The molecular formula is C15H24BrN. The Balaban J connectivity index is 2.76. The van der Waals surface area contributed by atoms with Crippen LogP contribution in [0.15, 0.2) is 28.7 Å². The molecule has 0 aliphatic carbocycles. The zero-order valence-corrected chi connectivity index (χ0v) is 12.9. The number of hydrogen-bond donors (Lipinski definition) is 1. The lowest BCUT2D eigenvalue weighted by Crippen LogP contribution is -2.39. The van der Waals surface area contributed by atoms with Gasteiger partial charge in [0, 0.05) is 10.5 Å². The van der Waals surface area contributed by atoms with Crippen LogP contribution in [0.5, 0.6) is 0 Å². The van der Waals surface area contributed by atoms with Gasteiger partial charge in [-0.1, -0.05) is 61.8 Å². The molecule has 0 amide bonds. The van der Waals surface area contributed by atoms with Gasteiger partial charge in [-0.3, -0.25) is 0 Å². The lowest BCUT2D eigenvalue weighted by atomic mass is 9.86. The minimum atomic E-state index is 0.554. The summed E-state index contributed by atoms with van der Waals surface area (Å²) in [6.07, 6.45) is 1.09. The van der Waals surface area contributed by atoms with Crippen LogP contribution in [0.1, 0.15) is 33.3 Å². The highest BCUT2D eigenvalue weighted by atomic mass is 79.9. The molecule has 0 saturated heterocycles. The Morgan fingerprint density at radius 1 is 1.18 bits per heavy atom. The largest absolute Gasteiger partial charge is 0.314 e. The van der Waals surface area contributed by atoms with Crippen molar-refractivity contribution < 1.29 is 0 Å². The normalized spacial score (nSPS) is 14.9. The van der Waals surface area contributed by atoms with E-state index in [4.69, 9.17) is 0 Å². The first-order chi connectivity index (χ1) is 8.06. The molecule has 17 heavy (non-hydrogen) atoms. The highest BCUT2D eigenvalue weighted by Crippen LogP contribution is 2.22. The van der Waals surface area contributed by atoms with E-state index in [9.17, 15) is 0 Å². The first-order valence-corrected chi connectivity index (χ1v) is 7.32. The van der Waals surface area contributed by atoms with E-state index in [2.05, 4.69) is 73.2 Å². The van der Waals surface area contributed by atoms with Crippen molar-refractivity contribution in [3.63, 3.8) is 0 Å². The zero-order chi connectivity index (χ0) is 12.8. The molecule has 2 atom stereocenters. The van der Waals surface area contributed by atoms with Gasteiger partial charge in [-0.05, 0) is 36.4 Å². The van der Waals surface area contributed by atoms with Gasteiger partial charge >= 0.3 is 0 Å². The van der Waals surface area contributed by atoms with Crippen molar-refractivity contribution in [1.29, 1.82) is 0 Å². The summed E-state index contributed by atoms with van der Waals surface area (Å²) in [7, 11) is 0. The number of halogens is 1. The monoisotopic (exact) mass is 297 g/mol. The fraction of sp³-hybridized carbons (Fsp3) is 0.600. The molecule has 0 spiro atoms. The molecule has 1 aromatic rings. The topological polar surface area (TPSA) is 12.0 Å². The van der Waals surface area contributed by atoms with Crippen LogP contribution < -0.4 is 5.32 Å². The molecule has 1 rings (SSSR count). The smallest absolute Gasteiger partial charge is 0.0207 e. The summed E-state index contributed by atoms with van der Waals surface area (Å²) in [6, 6.07) is 9.07. The highest BCUT2D eigenvalue weighted by Gasteiger charge is 2.20. The van der Waals surface area contributed by atoms with Gasteiger partial charge in [0.2, 0.25) is 0 Å². The quantitative estimate of drug-likeness (QED) is 0.827. The average molecular weight is 298 g/mol. The van der Waals surface area contributed by atoms with Crippen LogP contribution >= 0.6 is 15.9 Å². The molecule has 1 N–H and O–H groups in total. The van der Waals surface area contributed by atoms with E-state index in [1.165, 1.54) is 10.0 Å². The summed E-state index contributed by atoms with van der Waals surface area (Å²) in [6.45, 7) is 10.2. The molecule has 0 bridgehead atoms. The van der Waals surface area contributed by atoms with Gasteiger partial charge in [0.1, 0.15) is 0 Å². The van der Waals surface area contributed by atoms with E-state index >= 15 is 0 Å². The van der Waals surface area contributed by atoms with E-state index in [1.54, 1.807) is 0 Å². The van der Waals surface area contributed by atoms with E-state index in [0.717, 1.165) is 13.0 Å². The Morgan fingerprint density at radius 2 is 1.82 bits per heavy atom. The summed E-state index contributed by atoms with van der Waals surface area (Å²) in [5.74, 6) is 1.39. The third-order valence-electron chi connectivity index (χ3n) is 3.55. The maximum atomic E-state index is 3.63. The van der Waals surface area contributed by atoms with E-state index in [1.807, 2.05) is 0 Å². The van der Waals surface area contributed by atoms with Crippen molar-refractivity contribution in [3.05, 3.63) is 34.3 Å². The second-order valence-corrected chi connectivity index (χ2v) is 5.92. The standard InChI is InChI=1S/C15H24BrN/c1-5-17-15(12(4)11(2)3)10-13-8-6-7-9-14(13)16/h6-9,11-12,15,17H,5,10H2,1-4H3. The Bertz CT molecular complexity index is 335. The molecule has 0 heterocycles. The molecule has 0 radical (unpaired) electrons. The van der Waals surface area contributed by atoms with Crippen LogP contribution in [0.4, 0.5) is 0 Å². The number of nitrogens with one attached hydrogen (secondary N) is 1. The van der Waals surface area contributed by atoms with Gasteiger partial charge in [0.25, 0.3) is 0 Å². The number of hydrogen-bond acceptors (Lipinski definition) is 1. The molecule has 0 saturated carbocycles. The van der Waals surface area contributed by atoms with E-state index < -0.39 is 0 Å². The fourth-order valence-corrected chi connectivity index (χ4v) is 2.52. The zero-order valence-electron chi connectivity index (χ0n) is 11.3. The van der Waals surface area contributed by atoms with E-state index in [0.29, 0.717) is 17.9 Å². The summed E-state index contributed by atoms with van der Waals surface area (Å²) in [5.41, 5.74) is 1.39. The second kappa shape index (κ2) is 7.17. The molecule has 1 nitrogen and oxygen atoms in total.